The molecule has 1 fully saturated rings. The number of benzene rings is 2. The van der Waals surface area contributed by atoms with Crippen molar-refractivity contribution in [3.05, 3.63) is 63.1 Å². The minimum atomic E-state index is -0.189. The van der Waals surface area contributed by atoms with Crippen LogP contribution in [0, 0.1) is 5.92 Å². The van der Waals surface area contributed by atoms with Crippen molar-refractivity contribution in [3.63, 3.8) is 0 Å². The zero-order valence-corrected chi connectivity index (χ0v) is 19.2. The van der Waals surface area contributed by atoms with Crippen LogP contribution in [0.25, 0.3) is 0 Å². The van der Waals surface area contributed by atoms with E-state index in [2.05, 4.69) is 12.5 Å². The fourth-order valence-electron chi connectivity index (χ4n) is 4.29. The summed E-state index contributed by atoms with van der Waals surface area (Å²) in [6, 6.07) is 12.7. The highest BCUT2D eigenvalue weighted by Crippen LogP contribution is 2.42. The van der Waals surface area contributed by atoms with Gasteiger partial charge in [-0.3, -0.25) is 9.80 Å². The average molecular weight is 467 g/mol. The first-order valence-electron chi connectivity index (χ1n) is 10.0. The predicted molar refractivity (Wildman–Crippen MR) is 123 cm³/mol. The van der Waals surface area contributed by atoms with Gasteiger partial charge in [-0.15, -0.1) is 0 Å². The highest BCUT2D eigenvalue weighted by molar-refractivity contribution is 6.40. The number of nitrogens with one attached hydrogen (secondary N) is 1. The van der Waals surface area contributed by atoms with Crippen LogP contribution in [0.1, 0.15) is 31.4 Å². The largest absolute Gasteiger partial charge is 0.312 e. The quantitative estimate of drug-likeness (QED) is 0.607. The molecule has 1 amide bonds. The summed E-state index contributed by atoms with van der Waals surface area (Å²) in [5, 5.41) is 8.27. The highest BCUT2D eigenvalue weighted by atomic mass is 35.5. The number of carbonyl (C=O) groups is 1. The fourth-order valence-corrected chi connectivity index (χ4v) is 4.91. The molecule has 1 saturated heterocycles. The first kappa shape index (κ1) is 21.4. The number of anilines is 1. The zero-order valence-electron chi connectivity index (χ0n) is 16.9. The minimum absolute atomic E-state index is 0.140. The van der Waals surface area contributed by atoms with Crippen LogP contribution in [-0.4, -0.2) is 36.3 Å². The van der Waals surface area contributed by atoms with Crippen LogP contribution in [0.2, 0.25) is 15.1 Å². The molecule has 2 aromatic carbocycles. The monoisotopic (exact) mass is 465 g/mol. The summed E-state index contributed by atoms with van der Waals surface area (Å²) >= 11 is 18.7. The molecule has 0 saturated carbocycles. The van der Waals surface area contributed by atoms with Gasteiger partial charge in [-0.05, 0) is 35.9 Å². The Morgan fingerprint density at radius 1 is 1.07 bits per heavy atom. The Hall–Kier alpha value is -1.79. The van der Waals surface area contributed by atoms with Gasteiger partial charge >= 0.3 is 5.91 Å². The SMILES string of the molecule is CC1C(C(=O)N[N+]2(C)CCCC2)=NN(c2ccc(Cl)cc2Cl)C1c1ccc(Cl)cc1. The first-order valence-corrected chi connectivity index (χ1v) is 11.2. The molecular formula is C22H24Cl3N4O+. The van der Waals surface area contributed by atoms with Crippen molar-refractivity contribution in [1.29, 1.82) is 0 Å². The third-order valence-corrected chi connectivity index (χ3v) is 6.70. The van der Waals surface area contributed by atoms with Gasteiger partial charge in [-0.25, -0.2) is 4.59 Å². The van der Waals surface area contributed by atoms with Crippen molar-refractivity contribution in [2.45, 2.75) is 25.8 Å². The lowest BCUT2D eigenvalue weighted by Crippen LogP contribution is -2.57. The van der Waals surface area contributed by atoms with Crippen molar-refractivity contribution in [1.82, 2.24) is 5.43 Å². The number of likely N-dealkylation sites (tertiary alicyclic amines) is 1. The summed E-state index contributed by atoms with van der Waals surface area (Å²) in [5.74, 6) is -0.287. The molecule has 8 heteroatoms. The average Bonchev–Trinajstić information content (AvgIpc) is 3.26. The Morgan fingerprint density at radius 3 is 2.33 bits per heavy atom. The molecule has 158 valence electrons. The van der Waals surface area contributed by atoms with Gasteiger partial charge in [-0.1, -0.05) is 53.9 Å². The summed E-state index contributed by atoms with van der Waals surface area (Å²) in [7, 11) is 2.05. The van der Waals surface area contributed by atoms with E-state index in [1.54, 1.807) is 12.1 Å². The second-order valence-electron chi connectivity index (χ2n) is 8.20. The molecule has 5 nitrogen and oxygen atoms in total. The maximum Gasteiger partial charge on any atom is 0.312 e. The number of rotatable bonds is 4. The number of halogens is 3. The second kappa shape index (κ2) is 8.39. The molecule has 1 N–H and O–H groups in total. The summed E-state index contributed by atoms with van der Waals surface area (Å²) < 4.78 is 0.540. The predicted octanol–water partition coefficient (Wildman–Crippen LogP) is 5.47. The molecule has 0 aliphatic carbocycles. The lowest BCUT2D eigenvalue weighted by atomic mass is 9.91. The number of quaternary nitrogens is 1. The van der Waals surface area contributed by atoms with Crippen molar-refractivity contribution < 1.29 is 9.39 Å². The molecule has 2 heterocycles. The van der Waals surface area contributed by atoms with Crippen molar-refractivity contribution in [2.75, 3.05) is 25.1 Å². The van der Waals surface area contributed by atoms with Crippen LogP contribution in [0.4, 0.5) is 5.69 Å². The van der Waals surface area contributed by atoms with Gasteiger partial charge in [0, 0.05) is 28.8 Å². The number of carbonyl (C=O) groups excluding carboxylic acids is 1. The third-order valence-electron chi connectivity index (χ3n) is 5.91. The fraction of sp³-hybridized carbons (Fsp3) is 0.364. The minimum Gasteiger partial charge on any atom is -0.263 e. The van der Waals surface area contributed by atoms with Gasteiger partial charge in [0.2, 0.25) is 0 Å². The molecule has 30 heavy (non-hydrogen) atoms. The van der Waals surface area contributed by atoms with E-state index in [1.807, 2.05) is 42.3 Å². The molecule has 2 aromatic rings. The van der Waals surface area contributed by atoms with Crippen LogP contribution in [-0.2, 0) is 4.79 Å². The molecule has 0 radical (unpaired) electrons. The van der Waals surface area contributed by atoms with E-state index in [4.69, 9.17) is 39.9 Å². The number of hydrogen-bond donors (Lipinski definition) is 1. The van der Waals surface area contributed by atoms with Gasteiger partial charge in [-0.2, -0.15) is 10.5 Å². The van der Waals surface area contributed by atoms with Crippen molar-refractivity contribution in [2.24, 2.45) is 11.0 Å². The lowest BCUT2D eigenvalue weighted by molar-refractivity contribution is -0.931. The molecule has 2 aliphatic heterocycles. The van der Waals surface area contributed by atoms with E-state index in [1.165, 1.54) is 0 Å². The van der Waals surface area contributed by atoms with Gasteiger partial charge in [0.15, 0.2) is 0 Å². The van der Waals surface area contributed by atoms with Gasteiger partial charge < -0.3 is 0 Å². The topological polar surface area (TPSA) is 44.7 Å². The smallest absolute Gasteiger partial charge is 0.263 e. The number of nitrogens with zero attached hydrogens (tertiary/aromatic N) is 3. The molecule has 2 unspecified atom stereocenters. The maximum atomic E-state index is 13.2. The van der Waals surface area contributed by atoms with E-state index in [0.29, 0.717) is 31.1 Å². The Kier molecular flexibility index (Phi) is 5.99. The highest BCUT2D eigenvalue weighted by Gasteiger charge is 2.42. The maximum absolute atomic E-state index is 13.2. The lowest BCUT2D eigenvalue weighted by Gasteiger charge is -2.29. The van der Waals surface area contributed by atoms with E-state index in [-0.39, 0.29) is 17.9 Å². The number of hydrazone groups is 1. The Bertz CT molecular complexity index is 986. The van der Waals surface area contributed by atoms with E-state index in [0.717, 1.165) is 31.5 Å². The number of hydrogen-bond acceptors (Lipinski definition) is 3. The van der Waals surface area contributed by atoms with Crippen LogP contribution in [0.5, 0.6) is 0 Å². The molecule has 0 spiro atoms. The van der Waals surface area contributed by atoms with Crippen LogP contribution in [0.3, 0.4) is 0 Å². The summed E-state index contributed by atoms with van der Waals surface area (Å²) in [5.41, 5.74) is 5.37. The normalized spacial score (nSPS) is 22.8. The summed E-state index contributed by atoms with van der Waals surface area (Å²) in [6.07, 6.45) is 2.22. The Morgan fingerprint density at radius 2 is 1.70 bits per heavy atom. The number of amides is 1. The van der Waals surface area contributed by atoms with E-state index >= 15 is 0 Å². The van der Waals surface area contributed by atoms with Crippen LogP contribution in [0.15, 0.2) is 47.6 Å². The summed E-state index contributed by atoms with van der Waals surface area (Å²) in [4.78, 5) is 13.2. The first-order chi connectivity index (χ1) is 14.3. The van der Waals surface area contributed by atoms with Crippen LogP contribution < -0.4 is 10.4 Å². The van der Waals surface area contributed by atoms with Gasteiger partial charge in [0.25, 0.3) is 0 Å². The molecule has 2 atom stereocenters. The third kappa shape index (κ3) is 4.17. The zero-order chi connectivity index (χ0) is 21.5. The second-order valence-corrected chi connectivity index (χ2v) is 9.48. The molecule has 0 aromatic heterocycles. The van der Waals surface area contributed by atoms with Gasteiger partial charge in [0.1, 0.15) is 18.8 Å². The molecular weight excluding hydrogens is 443 g/mol. The molecule has 0 bridgehead atoms. The Labute approximate surface area is 191 Å². The van der Waals surface area contributed by atoms with Crippen molar-refractivity contribution in [3.8, 4) is 0 Å². The Balaban J connectivity index is 1.72. The standard InChI is InChI=1S/C22H23Cl3N4O/c1-14-20(22(30)27-29(2)11-3-4-12-29)26-28(19-10-9-17(24)13-18(19)25)21(14)15-5-7-16(23)8-6-15/h5-10,13-14,21H,3-4,11-12H2,1-2H3/p+1. The van der Waals surface area contributed by atoms with Crippen LogP contribution >= 0.6 is 34.8 Å². The van der Waals surface area contributed by atoms with Crippen molar-refractivity contribution >= 4 is 52.1 Å². The van der Waals surface area contributed by atoms with E-state index in [9.17, 15) is 4.79 Å². The van der Waals surface area contributed by atoms with E-state index < -0.39 is 0 Å². The van der Waals surface area contributed by atoms with Gasteiger partial charge in [0.05, 0.1) is 23.8 Å². The molecule has 2 aliphatic rings. The molecule has 4 rings (SSSR count). The summed E-state index contributed by atoms with van der Waals surface area (Å²) in [6.45, 7) is 3.88.